The van der Waals surface area contributed by atoms with Crippen molar-refractivity contribution in [1.29, 1.82) is 0 Å². The van der Waals surface area contributed by atoms with Gasteiger partial charge in [0.05, 0.1) is 22.8 Å². The van der Waals surface area contributed by atoms with Crippen LogP contribution in [-0.4, -0.2) is 10.8 Å². The maximum absolute atomic E-state index is 6.44. The molecule has 8 aromatic rings. The quantitative estimate of drug-likeness (QED) is 0.201. The Bertz CT molecular complexity index is 2620. The molecule has 2 aliphatic rings. The normalized spacial score (nSPS) is 15.5. The molecule has 1 unspecified atom stereocenters. The molecule has 0 spiro atoms. The topological polar surface area (TPSA) is 50.4 Å². The van der Waals surface area contributed by atoms with Crippen molar-refractivity contribution in [3.8, 4) is 22.4 Å². The zero-order valence-electron chi connectivity index (χ0n) is 28.0. The van der Waals surface area contributed by atoms with Gasteiger partial charge in [-0.05, 0) is 64.1 Å². The molecule has 0 saturated carbocycles. The fourth-order valence-corrected chi connectivity index (χ4v) is 8.07. The van der Waals surface area contributed by atoms with Crippen LogP contribution >= 0.6 is 0 Å². The van der Waals surface area contributed by atoms with Gasteiger partial charge >= 0.3 is 0 Å². The summed E-state index contributed by atoms with van der Waals surface area (Å²) in [4.78, 5) is 10.1. The van der Waals surface area contributed by atoms with Crippen LogP contribution < -0.4 is 5.32 Å². The lowest BCUT2D eigenvalue weighted by atomic mass is 9.88. The van der Waals surface area contributed by atoms with Gasteiger partial charge in [-0.15, -0.1) is 0 Å². The number of pyridine rings is 1. The summed E-state index contributed by atoms with van der Waals surface area (Å²) in [5, 5.41) is 5.83. The van der Waals surface area contributed by atoms with E-state index in [0.29, 0.717) is 0 Å². The van der Waals surface area contributed by atoms with E-state index in [1.807, 2.05) is 18.3 Å². The Morgan fingerprint density at radius 1 is 0.569 bits per heavy atom. The average molecular weight is 656 g/mol. The second-order valence-electron chi connectivity index (χ2n) is 13.4. The maximum atomic E-state index is 6.44. The lowest BCUT2D eigenvalue weighted by molar-refractivity contribution is 0.668. The zero-order chi connectivity index (χ0) is 33.9. The van der Waals surface area contributed by atoms with Gasteiger partial charge < -0.3 is 9.73 Å². The van der Waals surface area contributed by atoms with Gasteiger partial charge in [0.1, 0.15) is 17.0 Å². The predicted octanol–water partition coefficient (Wildman–Crippen LogP) is 11.3. The number of amidine groups is 1. The summed E-state index contributed by atoms with van der Waals surface area (Å²) in [5.41, 5.74) is 15.7. The summed E-state index contributed by atoms with van der Waals surface area (Å²) in [5.74, 6) is 1.03. The third-order valence-electron chi connectivity index (χ3n) is 10.5. The van der Waals surface area contributed by atoms with Crippen molar-refractivity contribution < 1.29 is 4.42 Å². The van der Waals surface area contributed by atoms with E-state index in [2.05, 4.69) is 158 Å². The molecule has 10 rings (SSSR count). The Kier molecular flexibility index (Phi) is 6.81. The van der Waals surface area contributed by atoms with Crippen LogP contribution in [0.3, 0.4) is 0 Å². The van der Waals surface area contributed by atoms with E-state index >= 15 is 0 Å². The largest absolute Gasteiger partial charge is 0.456 e. The number of rotatable bonds is 5. The van der Waals surface area contributed by atoms with E-state index in [1.165, 1.54) is 39.0 Å². The summed E-state index contributed by atoms with van der Waals surface area (Å²) in [6.45, 7) is 2.18. The molecule has 1 aliphatic carbocycles. The number of aliphatic imine (C=N–C) groups is 1. The molecule has 0 amide bonds. The number of hydrogen-bond donors (Lipinski definition) is 1. The first-order valence-corrected chi connectivity index (χ1v) is 17.5. The molecule has 0 saturated heterocycles. The highest BCUT2D eigenvalue weighted by Crippen LogP contribution is 2.49. The fraction of sp³-hybridized carbons (Fsp3) is 0.0638. The highest BCUT2D eigenvalue weighted by molar-refractivity contribution is 6.11. The second-order valence-corrected chi connectivity index (χ2v) is 13.4. The molecular weight excluding hydrogens is 623 g/mol. The predicted molar refractivity (Wildman–Crippen MR) is 208 cm³/mol. The first-order valence-electron chi connectivity index (χ1n) is 17.5. The van der Waals surface area contributed by atoms with Gasteiger partial charge in [-0.2, -0.15) is 0 Å². The van der Waals surface area contributed by atoms with Crippen LogP contribution in [0.2, 0.25) is 0 Å². The van der Waals surface area contributed by atoms with Crippen LogP contribution in [0, 0.1) is 0 Å². The molecule has 1 N–H and O–H groups in total. The number of nitrogens with one attached hydrogen (secondary N) is 1. The van der Waals surface area contributed by atoms with E-state index in [4.69, 9.17) is 14.4 Å². The summed E-state index contributed by atoms with van der Waals surface area (Å²) >= 11 is 0. The Morgan fingerprint density at radius 2 is 1.22 bits per heavy atom. The van der Waals surface area contributed by atoms with Crippen molar-refractivity contribution in [3.63, 3.8) is 0 Å². The molecule has 1 atom stereocenters. The van der Waals surface area contributed by atoms with E-state index in [-0.39, 0.29) is 12.0 Å². The van der Waals surface area contributed by atoms with E-state index in [1.54, 1.807) is 0 Å². The Labute approximate surface area is 296 Å². The van der Waals surface area contributed by atoms with Gasteiger partial charge in [0.25, 0.3) is 0 Å². The van der Waals surface area contributed by atoms with Crippen molar-refractivity contribution in [2.45, 2.75) is 18.9 Å². The first-order chi connectivity index (χ1) is 25.2. The van der Waals surface area contributed by atoms with Gasteiger partial charge in [-0.25, -0.2) is 4.99 Å². The molecule has 2 aromatic heterocycles. The third-order valence-corrected chi connectivity index (χ3v) is 10.5. The number of hydrogen-bond acceptors (Lipinski definition) is 4. The number of furan rings is 1. The first kappa shape index (κ1) is 29.4. The van der Waals surface area contributed by atoms with Crippen molar-refractivity contribution in [1.82, 2.24) is 10.3 Å². The van der Waals surface area contributed by atoms with Crippen molar-refractivity contribution in [3.05, 3.63) is 203 Å². The average Bonchev–Trinajstić information content (AvgIpc) is 3.74. The van der Waals surface area contributed by atoms with Gasteiger partial charge in [0.2, 0.25) is 0 Å². The number of fused-ring (bicyclic) bond motifs is 6. The van der Waals surface area contributed by atoms with Crippen LogP contribution in [-0.2, 0) is 0 Å². The van der Waals surface area contributed by atoms with Crippen LogP contribution in [0.25, 0.3) is 50.0 Å². The van der Waals surface area contributed by atoms with Crippen molar-refractivity contribution in [2.24, 2.45) is 4.99 Å². The van der Waals surface area contributed by atoms with Crippen LogP contribution in [0.4, 0.5) is 0 Å². The number of benzene rings is 6. The highest BCUT2D eigenvalue weighted by Gasteiger charge is 2.30. The molecule has 0 fully saturated rings. The molecule has 0 bridgehead atoms. The van der Waals surface area contributed by atoms with E-state index in [0.717, 1.165) is 55.9 Å². The molecule has 51 heavy (non-hydrogen) atoms. The second kappa shape index (κ2) is 11.8. The smallest absolute Gasteiger partial charge is 0.139 e. The highest BCUT2D eigenvalue weighted by atomic mass is 16.3. The lowest BCUT2D eigenvalue weighted by Crippen LogP contribution is -2.33. The van der Waals surface area contributed by atoms with Crippen LogP contribution in [0.5, 0.6) is 0 Å². The SMILES string of the molecule is CC1=C(c2ccc(-c3nccc4oc5ccc(C6c7ccccc7-c7ccccc76)cc5c34)cc2)N=C(c2ccccc2)NC1c1ccccc1. The summed E-state index contributed by atoms with van der Waals surface area (Å²) < 4.78 is 6.44. The molecule has 4 nitrogen and oxygen atoms in total. The van der Waals surface area contributed by atoms with Crippen molar-refractivity contribution in [2.75, 3.05) is 0 Å². The minimum Gasteiger partial charge on any atom is -0.456 e. The third kappa shape index (κ3) is 4.83. The Hall–Kier alpha value is -6.52. The zero-order valence-corrected chi connectivity index (χ0v) is 28.0. The number of nitrogens with zero attached hydrogens (tertiary/aromatic N) is 2. The summed E-state index contributed by atoms with van der Waals surface area (Å²) in [6, 6.07) is 55.8. The minimum atomic E-state index is 0.00860. The summed E-state index contributed by atoms with van der Waals surface area (Å²) in [6.07, 6.45) is 1.85. The Morgan fingerprint density at radius 3 is 1.94 bits per heavy atom. The van der Waals surface area contributed by atoms with E-state index in [9.17, 15) is 0 Å². The Balaban J connectivity index is 1.07. The fourth-order valence-electron chi connectivity index (χ4n) is 8.07. The van der Waals surface area contributed by atoms with Gasteiger partial charge in [-0.1, -0.05) is 140 Å². The lowest BCUT2D eigenvalue weighted by Gasteiger charge is -2.29. The molecule has 4 heteroatoms. The molecule has 3 heterocycles. The van der Waals surface area contributed by atoms with Crippen LogP contribution in [0.15, 0.2) is 179 Å². The maximum Gasteiger partial charge on any atom is 0.139 e. The van der Waals surface area contributed by atoms with Gasteiger partial charge in [0, 0.05) is 34.2 Å². The summed E-state index contributed by atoms with van der Waals surface area (Å²) in [7, 11) is 0. The molecule has 0 radical (unpaired) electrons. The molecule has 242 valence electrons. The van der Waals surface area contributed by atoms with Crippen LogP contribution in [0.1, 0.15) is 52.3 Å². The van der Waals surface area contributed by atoms with Gasteiger partial charge in [-0.3, -0.25) is 4.98 Å². The monoisotopic (exact) mass is 655 g/mol. The van der Waals surface area contributed by atoms with Gasteiger partial charge in [0.15, 0.2) is 0 Å². The van der Waals surface area contributed by atoms with Crippen molar-refractivity contribution >= 4 is 33.5 Å². The molecule has 6 aromatic carbocycles. The molecule has 1 aliphatic heterocycles. The number of aromatic nitrogens is 1. The van der Waals surface area contributed by atoms with E-state index < -0.39 is 0 Å². The molecular formula is C47H33N3O. The standard InChI is InChI=1S/C47H33N3O/c1-29-44(30-12-4-2-5-13-30)49-47(33-14-6-3-7-15-33)50-45(29)31-20-22-32(23-21-31)46-43-39-28-34(24-25-40(39)51-41(43)26-27-48-46)42-37-18-10-8-16-35(37)36-17-9-11-19-38(36)42/h2-28,42,44H,1H3,(H,49,50). The minimum absolute atomic E-state index is 0.00860.